The fraction of sp³-hybridized carbons (Fsp3) is 0.500. The zero-order chi connectivity index (χ0) is 13.5. The molecular weight excluding hydrogens is 233 g/mol. The molecule has 100 valence electrons. The standard InChI is InChI=1S/C14H20FNO2/c1-3-10(2)13(17)9-16-14(18)8-11-6-4-5-7-12(11)15/h4-7,10,13,17H,3,8-9H2,1-2H3,(H,16,18). The van der Waals surface area contributed by atoms with Crippen molar-refractivity contribution in [3.63, 3.8) is 0 Å². The first-order valence-electron chi connectivity index (χ1n) is 6.22. The molecule has 0 bridgehead atoms. The summed E-state index contributed by atoms with van der Waals surface area (Å²) in [7, 11) is 0. The summed E-state index contributed by atoms with van der Waals surface area (Å²) in [6, 6.07) is 6.19. The van der Waals surface area contributed by atoms with E-state index in [1.165, 1.54) is 6.07 Å². The van der Waals surface area contributed by atoms with Crippen LogP contribution in [0, 0.1) is 11.7 Å². The Kier molecular flexibility index (Phi) is 5.78. The molecule has 2 atom stereocenters. The predicted molar refractivity (Wildman–Crippen MR) is 68.6 cm³/mol. The highest BCUT2D eigenvalue weighted by Crippen LogP contribution is 2.08. The fourth-order valence-corrected chi connectivity index (χ4v) is 1.57. The molecule has 0 saturated carbocycles. The lowest BCUT2D eigenvalue weighted by atomic mass is 10.0. The minimum absolute atomic E-state index is 0.0000999. The number of hydrogen-bond acceptors (Lipinski definition) is 2. The fourth-order valence-electron chi connectivity index (χ4n) is 1.57. The number of carbonyl (C=O) groups excluding carboxylic acids is 1. The number of halogens is 1. The SMILES string of the molecule is CCC(C)C(O)CNC(=O)Cc1ccccc1F. The number of nitrogens with one attached hydrogen (secondary N) is 1. The van der Waals surface area contributed by atoms with Gasteiger partial charge in [0.1, 0.15) is 5.82 Å². The van der Waals surface area contributed by atoms with E-state index in [9.17, 15) is 14.3 Å². The topological polar surface area (TPSA) is 49.3 Å². The minimum Gasteiger partial charge on any atom is -0.391 e. The van der Waals surface area contributed by atoms with Crippen LogP contribution >= 0.6 is 0 Å². The van der Waals surface area contributed by atoms with Crippen LogP contribution in [0.25, 0.3) is 0 Å². The van der Waals surface area contributed by atoms with Gasteiger partial charge < -0.3 is 10.4 Å². The summed E-state index contributed by atoms with van der Waals surface area (Å²) < 4.78 is 13.3. The average molecular weight is 253 g/mol. The lowest BCUT2D eigenvalue weighted by molar-refractivity contribution is -0.121. The molecular formula is C14H20FNO2. The number of aliphatic hydroxyl groups excluding tert-OH is 1. The number of aliphatic hydroxyl groups is 1. The van der Waals surface area contributed by atoms with Crippen molar-refractivity contribution < 1.29 is 14.3 Å². The average Bonchev–Trinajstić information content (AvgIpc) is 2.37. The molecule has 0 aliphatic rings. The number of carbonyl (C=O) groups is 1. The highest BCUT2D eigenvalue weighted by Gasteiger charge is 2.14. The largest absolute Gasteiger partial charge is 0.391 e. The Morgan fingerprint density at radius 1 is 1.44 bits per heavy atom. The first-order valence-corrected chi connectivity index (χ1v) is 6.22. The summed E-state index contributed by atoms with van der Waals surface area (Å²) in [5.41, 5.74) is 0.369. The molecule has 0 saturated heterocycles. The third kappa shape index (κ3) is 4.45. The number of amides is 1. The van der Waals surface area contributed by atoms with Gasteiger partial charge in [-0.3, -0.25) is 4.79 Å². The van der Waals surface area contributed by atoms with Crippen molar-refractivity contribution in [2.45, 2.75) is 32.8 Å². The summed E-state index contributed by atoms with van der Waals surface area (Å²) >= 11 is 0. The van der Waals surface area contributed by atoms with E-state index in [4.69, 9.17) is 0 Å². The molecule has 1 aromatic carbocycles. The van der Waals surface area contributed by atoms with Gasteiger partial charge in [0, 0.05) is 6.54 Å². The van der Waals surface area contributed by atoms with E-state index in [1.807, 2.05) is 13.8 Å². The van der Waals surface area contributed by atoms with Gasteiger partial charge in [-0.25, -0.2) is 4.39 Å². The van der Waals surface area contributed by atoms with Crippen LogP contribution in [-0.2, 0) is 11.2 Å². The molecule has 3 nitrogen and oxygen atoms in total. The first kappa shape index (κ1) is 14.6. The summed E-state index contributed by atoms with van der Waals surface area (Å²) in [6.07, 6.45) is 0.295. The van der Waals surface area contributed by atoms with E-state index < -0.39 is 6.10 Å². The summed E-state index contributed by atoms with van der Waals surface area (Å²) in [6.45, 7) is 4.12. The number of benzene rings is 1. The Balaban J connectivity index is 2.41. The van der Waals surface area contributed by atoms with Crippen LogP contribution in [0.1, 0.15) is 25.8 Å². The molecule has 1 aromatic rings. The summed E-state index contributed by atoms with van der Waals surface area (Å²) in [4.78, 5) is 11.6. The van der Waals surface area contributed by atoms with Crippen LogP contribution in [0.3, 0.4) is 0 Å². The van der Waals surface area contributed by atoms with E-state index in [0.717, 1.165) is 6.42 Å². The maximum Gasteiger partial charge on any atom is 0.224 e. The maximum atomic E-state index is 13.3. The second-order valence-electron chi connectivity index (χ2n) is 4.53. The Labute approximate surface area is 107 Å². The van der Waals surface area contributed by atoms with Gasteiger partial charge in [-0.2, -0.15) is 0 Å². The number of rotatable bonds is 6. The van der Waals surface area contributed by atoms with Crippen LogP contribution in [0.2, 0.25) is 0 Å². The van der Waals surface area contributed by atoms with Crippen molar-refractivity contribution in [3.05, 3.63) is 35.6 Å². The zero-order valence-electron chi connectivity index (χ0n) is 10.8. The summed E-state index contributed by atoms with van der Waals surface area (Å²) in [5.74, 6) is -0.517. The highest BCUT2D eigenvalue weighted by molar-refractivity contribution is 5.78. The quantitative estimate of drug-likeness (QED) is 0.813. The van der Waals surface area contributed by atoms with Crippen LogP contribution < -0.4 is 5.32 Å². The van der Waals surface area contributed by atoms with Gasteiger partial charge in [-0.15, -0.1) is 0 Å². The molecule has 4 heteroatoms. The van der Waals surface area contributed by atoms with Crippen molar-refractivity contribution in [1.29, 1.82) is 0 Å². The Bertz CT molecular complexity index is 395. The lowest BCUT2D eigenvalue weighted by Crippen LogP contribution is -2.36. The molecule has 1 amide bonds. The molecule has 0 heterocycles. The normalized spacial score (nSPS) is 14.0. The van der Waals surface area contributed by atoms with Gasteiger partial charge in [0.05, 0.1) is 12.5 Å². The molecule has 2 N–H and O–H groups in total. The Hall–Kier alpha value is -1.42. The Morgan fingerprint density at radius 3 is 2.72 bits per heavy atom. The van der Waals surface area contributed by atoms with Gasteiger partial charge in [0.25, 0.3) is 0 Å². The molecule has 1 rings (SSSR count). The highest BCUT2D eigenvalue weighted by atomic mass is 19.1. The molecule has 0 radical (unpaired) electrons. The van der Waals surface area contributed by atoms with E-state index in [0.29, 0.717) is 5.56 Å². The molecule has 0 aromatic heterocycles. The van der Waals surface area contributed by atoms with Crippen molar-refractivity contribution in [3.8, 4) is 0 Å². The smallest absolute Gasteiger partial charge is 0.224 e. The van der Waals surface area contributed by atoms with Gasteiger partial charge in [-0.1, -0.05) is 38.5 Å². The van der Waals surface area contributed by atoms with Crippen molar-refractivity contribution >= 4 is 5.91 Å². The second kappa shape index (κ2) is 7.11. The van der Waals surface area contributed by atoms with E-state index in [1.54, 1.807) is 18.2 Å². The second-order valence-corrected chi connectivity index (χ2v) is 4.53. The third-order valence-electron chi connectivity index (χ3n) is 3.12. The minimum atomic E-state index is -0.556. The van der Waals surface area contributed by atoms with Gasteiger partial charge in [0.2, 0.25) is 5.91 Å². The van der Waals surface area contributed by atoms with Crippen LogP contribution in [0.15, 0.2) is 24.3 Å². The molecule has 0 fully saturated rings. The molecule has 0 aliphatic heterocycles. The van der Waals surface area contributed by atoms with E-state index in [2.05, 4.69) is 5.32 Å². The third-order valence-corrected chi connectivity index (χ3v) is 3.12. The molecule has 0 aliphatic carbocycles. The predicted octanol–water partition coefficient (Wildman–Crippen LogP) is 1.89. The Morgan fingerprint density at radius 2 is 2.11 bits per heavy atom. The van der Waals surface area contributed by atoms with Gasteiger partial charge in [-0.05, 0) is 17.5 Å². The molecule has 0 spiro atoms. The zero-order valence-corrected chi connectivity index (χ0v) is 10.8. The molecule has 18 heavy (non-hydrogen) atoms. The monoisotopic (exact) mass is 253 g/mol. The number of hydrogen-bond donors (Lipinski definition) is 2. The van der Waals surface area contributed by atoms with Crippen molar-refractivity contribution in [2.24, 2.45) is 5.92 Å². The first-order chi connectivity index (χ1) is 8.54. The lowest BCUT2D eigenvalue weighted by Gasteiger charge is -2.17. The van der Waals surface area contributed by atoms with Crippen LogP contribution in [0.4, 0.5) is 4.39 Å². The van der Waals surface area contributed by atoms with Crippen molar-refractivity contribution in [2.75, 3.05) is 6.54 Å². The van der Waals surface area contributed by atoms with Gasteiger partial charge >= 0.3 is 0 Å². The van der Waals surface area contributed by atoms with Crippen molar-refractivity contribution in [1.82, 2.24) is 5.32 Å². The van der Waals surface area contributed by atoms with Crippen LogP contribution in [-0.4, -0.2) is 23.7 Å². The van der Waals surface area contributed by atoms with Gasteiger partial charge in [0.15, 0.2) is 0 Å². The van der Waals surface area contributed by atoms with Crippen LogP contribution in [0.5, 0.6) is 0 Å². The summed E-state index contributed by atoms with van der Waals surface area (Å²) in [5, 5.41) is 12.3. The molecule has 2 unspecified atom stereocenters. The van der Waals surface area contributed by atoms with E-state index in [-0.39, 0.29) is 30.6 Å². The maximum absolute atomic E-state index is 13.3. The van der Waals surface area contributed by atoms with E-state index >= 15 is 0 Å².